The minimum atomic E-state index is -0.642. The fourth-order valence-electron chi connectivity index (χ4n) is 0.713. The Morgan fingerprint density at radius 1 is 1.64 bits per heavy atom. The Labute approximate surface area is 106 Å². The molecule has 0 saturated heterocycles. The number of rotatable bonds is 3. The number of aromatic nitrogens is 2. The van der Waals surface area contributed by atoms with Crippen LogP contribution in [0.2, 0.25) is 0 Å². The Morgan fingerprint density at radius 2 is 2.21 bits per heavy atom. The first-order chi connectivity index (χ1) is 5.20. The number of carbonyl (C=O) groups is 1. The molecular formula is C6H12Cl3N3OS. The lowest BCUT2D eigenvalue weighted by Crippen LogP contribution is -2.29. The summed E-state index contributed by atoms with van der Waals surface area (Å²) in [6, 6.07) is -0.642. The number of aromatic amines is 1. The smallest absolute Gasteiger partial charge is 0.238 e. The zero-order valence-electron chi connectivity index (χ0n) is 7.07. The predicted molar refractivity (Wildman–Crippen MR) is 66.0 cm³/mol. The van der Waals surface area contributed by atoms with Gasteiger partial charge in [0.15, 0.2) is 0 Å². The van der Waals surface area contributed by atoms with Crippen molar-refractivity contribution in [3.05, 3.63) is 18.2 Å². The molecule has 1 aromatic heterocycles. The summed E-state index contributed by atoms with van der Waals surface area (Å²) in [6.07, 6.45) is 3.54. The minimum absolute atomic E-state index is 0. The summed E-state index contributed by atoms with van der Waals surface area (Å²) in [5, 5.41) is -0.528. The van der Waals surface area contributed by atoms with Crippen LogP contribution in [0.5, 0.6) is 0 Å². The van der Waals surface area contributed by atoms with Crippen LogP contribution >= 0.6 is 49.9 Å². The fourth-order valence-corrected chi connectivity index (χ4v) is 0.791. The fraction of sp³-hybridized carbons (Fsp3) is 0.333. The molecule has 3 N–H and O–H groups in total. The van der Waals surface area contributed by atoms with E-state index < -0.39 is 11.3 Å². The lowest BCUT2D eigenvalue weighted by Gasteiger charge is -2.02. The van der Waals surface area contributed by atoms with Crippen LogP contribution in [-0.4, -0.2) is 21.3 Å². The third kappa shape index (κ3) is 6.50. The van der Waals surface area contributed by atoms with Gasteiger partial charge in [0.2, 0.25) is 5.24 Å². The van der Waals surface area contributed by atoms with Crippen molar-refractivity contribution >= 4 is 55.2 Å². The number of nitrogens with one attached hydrogen (secondary N) is 1. The molecule has 0 saturated carbocycles. The Bertz CT molecular complexity index is 244. The van der Waals surface area contributed by atoms with Crippen molar-refractivity contribution in [2.45, 2.75) is 12.5 Å². The van der Waals surface area contributed by atoms with Crippen LogP contribution < -0.4 is 5.73 Å². The average Bonchev–Trinajstić information content (AvgIpc) is 2.39. The van der Waals surface area contributed by atoms with Gasteiger partial charge in [-0.1, -0.05) is 0 Å². The molecule has 8 heteroatoms. The van der Waals surface area contributed by atoms with Gasteiger partial charge in [-0.05, 0) is 11.6 Å². The molecule has 0 aliphatic rings. The number of nitrogens with zero attached hydrogens (tertiary/aromatic N) is 1. The van der Waals surface area contributed by atoms with Crippen molar-refractivity contribution in [1.29, 1.82) is 0 Å². The minimum Gasteiger partial charge on any atom is -0.348 e. The molecule has 1 aromatic rings. The van der Waals surface area contributed by atoms with E-state index in [0.29, 0.717) is 6.42 Å². The van der Waals surface area contributed by atoms with Crippen molar-refractivity contribution in [3.63, 3.8) is 0 Å². The third-order valence-electron chi connectivity index (χ3n) is 1.29. The van der Waals surface area contributed by atoms with Crippen molar-refractivity contribution in [2.75, 3.05) is 0 Å². The van der Waals surface area contributed by atoms with Crippen LogP contribution in [0.4, 0.5) is 0 Å². The maximum absolute atomic E-state index is 10.5. The summed E-state index contributed by atoms with van der Waals surface area (Å²) in [7, 11) is 0. The van der Waals surface area contributed by atoms with Gasteiger partial charge in [0, 0.05) is 18.3 Å². The van der Waals surface area contributed by atoms with Gasteiger partial charge in [-0.25, -0.2) is 4.98 Å². The summed E-state index contributed by atoms with van der Waals surface area (Å²) in [5.41, 5.74) is 6.19. The summed E-state index contributed by atoms with van der Waals surface area (Å²) >= 11 is 5.15. The maximum atomic E-state index is 10.5. The summed E-state index contributed by atoms with van der Waals surface area (Å²) < 4.78 is 0. The van der Waals surface area contributed by atoms with E-state index in [2.05, 4.69) is 9.97 Å². The van der Waals surface area contributed by atoms with E-state index in [0.717, 1.165) is 5.69 Å². The second kappa shape index (κ2) is 9.61. The molecule has 0 aromatic carbocycles. The SMILES string of the molecule is Cl.Cl.NC(Cc1cnc[nH]1)C(=O)Cl.S. The van der Waals surface area contributed by atoms with Crippen LogP contribution in [0, 0.1) is 0 Å². The highest BCUT2D eigenvalue weighted by atomic mass is 35.5. The number of hydrogen-bond donors (Lipinski definition) is 2. The van der Waals surface area contributed by atoms with Gasteiger partial charge in [-0.15, -0.1) is 24.8 Å². The van der Waals surface area contributed by atoms with Gasteiger partial charge in [-0.3, -0.25) is 4.79 Å². The van der Waals surface area contributed by atoms with Crippen molar-refractivity contribution < 1.29 is 4.79 Å². The highest BCUT2D eigenvalue weighted by Gasteiger charge is 2.11. The molecule has 1 rings (SSSR count). The summed E-state index contributed by atoms with van der Waals surface area (Å²) in [4.78, 5) is 17.1. The standard InChI is InChI=1S/C6H8ClN3O.2ClH.H2S/c7-6(11)5(8)1-4-2-9-3-10-4;;;/h2-3,5H,1,8H2,(H,9,10);2*1H;1H2. The molecule has 0 aliphatic carbocycles. The van der Waals surface area contributed by atoms with Gasteiger partial charge in [0.25, 0.3) is 0 Å². The predicted octanol–water partition coefficient (Wildman–Crippen LogP) is 1.00. The molecule has 0 amide bonds. The van der Waals surface area contributed by atoms with Gasteiger partial charge < -0.3 is 10.7 Å². The summed E-state index contributed by atoms with van der Waals surface area (Å²) in [6.45, 7) is 0. The van der Waals surface area contributed by atoms with Crippen LogP contribution in [0.25, 0.3) is 0 Å². The first kappa shape index (κ1) is 19.6. The van der Waals surface area contributed by atoms with Crippen LogP contribution in [0.3, 0.4) is 0 Å². The molecule has 1 atom stereocenters. The molecule has 0 bridgehead atoms. The molecule has 0 fully saturated rings. The third-order valence-corrected chi connectivity index (χ3v) is 1.57. The van der Waals surface area contributed by atoms with Gasteiger partial charge in [0.1, 0.15) is 0 Å². The van der Waals surface area contributed by atoms with Crippen molar-refractivity contribution in [3.8, 4) is 0 Å². The Kier molecular flexibility index (Phi) is 13.5. The van der Waals surface area contributed by atoms with E-state index >= 15 is 0 Å². The van der Waals surface area contributed by atoms with Crippen LogP contribution in [-0.2, 0) is 11.2 Å². The molecule has 0 spiro atoms. The van der Waals surface area contributed by atoms with E-state index in [1.54, 1.807) is 6.20 Å². The number of carbonyl (C=O) groups excluding carboxylic acids is 1. The van der Waals surface area contributed by atoms with Gasteiger partial charge in [0.05, 0.1) is 12.4 Å². The Hall–Kier alpha value is 0.0600. The lowest BCUT2D eigenvalue weighted by atomic mass is 10.2. The topological polar surface area (TPSA) is 71.8 Å². The van der Waals surface area contributed by atoms with Gasteiger partial charge in [-0.2, -0.15) is 13.5 Å². The highest BCUT2D eigenvalue weighted by molar-refractivity contribution is 7.59. The normalized spacial score (nSPS) is 10.1. The Morgan fingerprint density at radius 3 is 2.57 bits per heavy atom. The Balaban J connectivity index is -0.000000403. The average molecular weight is 281 g/mol. The van der Waals surface area contributed by atoms with E-state index in [9.17, 15) is 4.79 Å². The zero-order valence-corrected chi connectivity index (χ0v) is 10.5. The molecule has 0 radical (unpaired) electrons. The zero-order chi connectivity index (χ0) is 8.27. The van der Waals surface area contributed by atoms with E-state index in [1.807, 2.05) is 0 Å². The van der Waals surface area contributed by atoms with Crippen LogP contribution in [0.15, 0.2) is 12.5 Å². The van der Waals surface area contributed by atoms with Gasteiger partial charge >= 0.3 is 0 Å². The molecular weight excluding hydrogens is 269 g/mol. The number of H-pyrrole nitrogens is 1. The number of imidazole rings is 1. The van der Waals surface area contributed by atoms with E-state index in [-0.39, 0.29) is 38.3 Å². The second-order valence-electron chi connectivity index (χ2n) is 2.19. The molecule has 1 unspecified atom stereocenters. The first-order valence-corrected chi connectivity index (χ1v) is 3.50. The van der Waals surface area contributed by atoms with E-state index in [4.69, 9.17) is 17.3 Å². The molecule has 0 aliphatic heterocycles. The summed E-state index contributed by atoms with van der Waals surface area (Å²) in [5.74, 6) is 0. The molecule has 1 heterocycles. The number of nitrogens with two attached hydrogens (primary N) is 1. The quantitative estimate of drug-likeness (QED) is 0.812. The highest BCUT2D eigenvalue weighted by Crippen LogP contribution is 1.98. The van der Waals surface area contributed by atoms with Crippen molar-refractivity contribution in [2.24, 2.45) is 5.73 Å². The first-order valence-electron chi connectivity index (χ1n) is 3.12. The maximum Gasteiger partial charge on any atom is 0.238 e. The monoisotopic (exact) mass is 279 g/mol. The molecule has 84 valence electrons. The molecule has 14 heavy (non-hydrogen) atoms. The van der Waals surface area contributed by atoms with Crippen LogP contribution in [0.1, 0.15) is 5.69 Å². The van der Waals surface area contributed by atoms with Crippen molar-refractivity contribution in [1.82, 2.24) is 9.97 Å². The lowest BCUT2D eigenvalue weighted by molar-refractivity contribution is -0.112. The molecule has 4 nitrogen and oxygen atoms in total. The second-order valence-corrected chi connectivity index (χ2v) is 2.56. The van der Waals surface area contributed by atoms with E-state index in [1.165, 1.54) is 6.33 Å². The number of hydrogen-bond acceptors (Lipinski definition) is 3. The largest absolute Gasteiger partial charge is 0.348 e. The number of halogens is 3.